The third-order valence-electron chi connectivity index (χ3n) is 3.90. The van der Waals surface area contributed by atoms with Crippen molar-refractivity contribution in [3.05, 3.63) is 41.5 Å². The normalized spacial score (nSPS) is 26.3. The molecule has 0 radical (unpaired) electrons. The zero-order valence-corrected chi connectivity index (χ0v) is 11.3. The zero-order valence-electron chi connectivity index (χ0n) is 10.5. The van der Waals surface area contributed by atoms with Gasteiger partial charge < -0.3 is 5.11 Å². The van der Waals surface area contributed by atoms with Crippen LogP contribution in [0.15, 0.2) is 41.5 Å². The molecule has 1 saturated carbocycles. The molecule has 19 heavy (non-hydrogen) atoms. The molecule has 4 heteroatoms. The highest BCUT2D eigenvalue weighted by molar-refractivity contribution is 7.81. The van der Waals surface area contributed by atoms with Crippen LogP contribution < -0.4 is 4.90 Å². The molecule has 2 aliphatic rings. The minimum absolute atomic E-state index is 0.452. The number of rotatable bonds is 1. The number of hydrogen-bond acceptors (Lipinski definition) is 3. The summed E-state index contributed by atoms with van der Waals surface area (Å²) in [4.78, 5) is 2.20. The Morgan fingerprint density at radius 3 is 2.68 bits per heavy atom. The lowest BCUT2D eigenvalue weighted by Gasteiger charge is -2.39. The molecule has 0 spiro atoms. The van der Waals surface area contributed by atoms with Crippen LogP contribution in [0.1, 0.15) is 25.7 Å². The minimum atomic E-state index is -1.10. The van der Waals surface area contributed by atoms with Gasteiger partial charge in [-0.3, -0.25) is 4.90 Å². The number of fused-ring (bicyclic) bond motifs is 1. The molecule has 1 unspecified atom stereocenters. The van der Waals surface area contributed by atoms with Gasteiger partial charge in [0.15, 0.2) is 5.72 Å². The summed E-state index contributed by atoms with van der Waals surface area (Å²) in [5, 5.41) is 20.3. The molecular formula is C15H14N2OS. The van der Waals surface area contributed by atoms with Crippen molar-refractivity contribution in [3.63, 3.8) is 0 Å². The summed E-state index contributed by atoms with van der Waals surface area (Å²) in [5.41, 5.74) is 1.04. The molecule has 1 aromatic rings. The van der Waals surface area contributed by atoms with Crippen molar-refractivity contribution >= 4 is 22.9 Å². The molecule has 1 aromatic carbocycles. The summed E-state index contributed by atoms with van der Waals surface area (Å²) in [6, 6.07) is 11.7. The average molecular weight is 270 g/mol. The number of aliphatic hydroxyl groups is 1. The van der Waals surface area contributed by atoms with E-state index in [2.05, 4.69) is 6.07 Å². The van der Waals surface area contributed by atoms with Crippen molar-refractivity contribution in [1.82, 2.24) is 0 Å². The van der Waals surface area contributed by atoms with Crippen molar-refractivity contribution in [2.45, 2.75) is 31.4 Å². The van der Waals surface area contributed by atoms with Gasteiger partial charge in [0.05, 0.1) is 5.57 Å². The van der Waals surface area contributed by atoms with Gasteiger partial charge in [-0.1, -0.05) is 30.4 Å². The number of anilines is 1. The van der Waals surface area contributed by atoms with E-state index < -0.39 is 5.72 Å². The predicted molar refractivity (Wildman–Crippen MR) is 77.6 cm³/mol. The van der Waals surface area contributed by atoms with Crippen LogP contribution in [-0.2, 0) is 0 Å². The highest BCUT2D eigenvalue weighted by atomic mass is 32.1. The third-order valence-corrected chi connectivity index (χ3v) is 4.29. The van der Waals surface area contributed by atoms with Gasteiger partial charge in [-0.25, -0.2) is 0 Å². The van der Waals surface area contributed by atoms with Gasteiger partial charge in [0.1, 0.15) is 11.1 Å². The Labute approximate surface area is 117 Å². The van der Waals surface area contributed by atoms with Gasteiger partial charge in [-0.05, 0) is 37.8 Å². The van der Waals surface area contributed by atoms with Crippen molar-refractivity contribution in [1.29, 1.82) is 5.26 Å². The summed E-state index contributed by atoms with van der Waals surface area (Å²) >= 11 is 5.42. The molecule has 3 rings (SSSR count). The van der Waals surface area contributed by atoms with Gasteiger partial charge in [0.25, 0.3) is 0 Å². The molecular weight excluding hydrogens is 256 g/mol. The molecule has 1 aliphatic heterocycles. The predicted octanol–water partition coefficient (Wildman–Crippen LogP) is 2.92. The number of nitriles is 1. The van der Waals surface area contributed by atoms with Crippen LogP contribution in [0, 0.1) is 11.3 Å². The fourth-order valence-electron chi connectivity index (χ4n) is 3.03. The van der Waals surface area contributed by atoms with Crippen LogP contribution in [0.4, 0.5) is 5.69 Å². The Hall–Kier alpha value is -1.70. The Kier molecular flexibility index (Phi) is 2.89. The maximum atomic E-state index is 11.0. The lowest BCUT2D eigenvalue weighted by molar-refractivity contribution is 0.0657. The summed E-state index contributed by atoms with van der Waals surface area (Å²) in [5.74, 6) is 0. The van der Waals surface area contributed by atoms with E-state index >= 15 is 0 Å². The number of benzene rings is 1. The van der Waals surface area contributed by atoms with E-state index in [1.165, 1.54) is 0 Å². The Morgan fingerprint density at radius 2 is 2.00 bits per heavy atom. The molecule has 1 heterocycles. The number of thiocarbonyl (C=S) groups is 1. The fraction of sp³-hybridized carbons (Fsp3) is 0.333. The highest BCUT2D eigenvalue weighted by Crippen LogP contribution is 2.46. The Bertz CT molecular complexity index is 602. The molecule has 0 saturated heterocycles. The second-order valence-electron chi connectivity index (χ2n) is 4.97. The largest absolute Gasteiger partial charge is 0.367 e. The van der Waals surface area contributed by atoms with E-state index in [1.807, 2.05) is 30.3 Å². The monoisotopic (exact) mass is 270 g/mol. The zero-order chi connectivity index (χ0) is 13.5. The molecule has 96 valence electrons. The molecule has 3 nitrogen and oxygen atoms in total. The maximum Gasteiger partial charge on any atom is 0.166 e. The average Bonchev–Trinajstić information content (AvgIpc) is 2.66. The quantitative estimate of drug-likeness (QED) is 0.797. The van der Waals surface area contributed by atoms with E-state index in [1.54, 1.807) is 4.90 Å². The first-order valence-electron chi connectivity index (χ1n) is 6.44. The lowest BCUT2D eigenvalue weighted by atomic mass is 9.86. The van der Waals surface area contributed by atoms with E-state index in [0.29, 0.717) is 17.0 Å². The van der Waals surface area contributed by atoms with Crippen molar-refractivity contribution in [2.75, 3.05) is 4.90 Å². The van der Waals surface area contributed by atoms with Gasteiger partial charge in [0.2, 0.25) is 0 Å². The molecule has 0 amide bonds. The Morgan fingerprint density at radius 1 is 1.26 bits per heavy atom. The lowest BCUT2D eigenvalue weighted by Crippen LogP contribution is -2.49. The summed E-state index contributed by atoms with van der Waals surface area (Å²) in [7, 11) is 0. The van der Waals surface area contributed by atoms with Crippen LogP contribution >= 0.6 is 12.2 Å². The maximum absolute atomic E-state index is 11.0. The first-order chi connectivity index (χ1) is 9.18. The van der Waals surface area contributed by atoms with E-state index in [0.717, 1.165) is 30.5 Å². The van der Waals surface area contributed by atoms with Crippen molar-refractivity contribution < 1.29 is 5.11 Å². The van der Waals surface area contributed by atoms with Gasteiger partial charge in [-0.15, -0.1) is 0 Å². The number of para-hydroxylation sites is 1. The first-order valence-corrected chi connectivity index (χ1v) is 6.85. The highest BCUT2D eigenvalue weighted by Gasteiger charge is 2.49. The number of nitrogens with zero attached hydrogens (tertiary/aromatic N) is 2. The molecule has 1 fully saturated rings. The fourth-order valence-corrected chi connectivity index (χ4v) is 3.45. The molecule has 1 atom stereocenters. The molecule has 0 bridgehead atoms. The standard InChI is InChI=1S/C15H14N2OS/c16-10-12-13-8-4-5-9-15(13,18)17(14(12)19)11-6-2-1-3-7-11/h1-3,6-7,18H,4-5,8-9H2. The number of hydrogen-bond donors (Lipinski definition) is 1. The first kappa shape index (κ1) is 12.3. The van der Waals surface area contributed by atoms with Gasteiger partial charge in [-0.2, -0.15) is 5.26 Å². The second-order valence-corrected chi connectivity index (χ2v) is 5.35. The van der Waals surface area contributed by atoms with Crippen LogP contribution in [0.25, 0.3) is 0 Å². The second kappa shape index (κ2) is 4.44. The van der Waals surface area contributed by atoms with Gasteiger partial charge >= 0.3 is 0 Å². The molecule has 0 aromatic heterocycles. The van der Waals surface area contributed by atoms with Crippen LogP contribution in [-0.4, -0.2) is 15.8 Å². The van der Waals surface area contributed by atoms with E-state index in [-0.39, 0.29) is 0 Å². The summed E-state index contributed by atoms with van der Waals surface area (Å²) in [6.07, 6.45) is 3.34. The van der Waals surface area contributed by atoms with Gasteiger partial charge in [0, 0.05) is 11.3 Å². The Balaban J connectivity index is 2.14. The summed E-state index contributed by atoms with van der Waals surface area (Å²) < 4.78 is 0. The molecule has 1 aliphatic carbocycles. The third kappa shape index (κ3) is 1.70. The van der Waals surface area contributed by atoms with Crippen LogP contribution in [0.5, 0.6) is 0 Å². The van der Waals surface area contributed by atoms with E-state index in [4.69, 9.17) is 12.2 Å². The topological polar surface area (TPSA) is 47.3 Å². The minimum Gasteiger partial charge on any atom is -0.367 e. The van der Waals surface area contributed by atoms with Crippen LogP contribution in [0.3, 0.4) is 0 Å². The van der Waals surface area contributed by atoms with E-state index in [9.17, 15) is 10.4 Å². The smallest absolute Gasteiger partial charge is 0.166 e. The van der Waals surface area contributed by atoms with Crippen molar-refractivity contribution in [2.24, 2.45) is 0 Å². The summed E-state index contributed by atoms with van der Waals surface area (Å²) in [6.45, 7) is 0. The van der Waals surface area contributed by atoms with Crippen molar-refractivity contribution in [3.8, 4) is 6.07 Å². The SMILES string of the molecule is N#CC1=C2CCCCC2(O)N(c2ccccc2)C1=S. The van der Waals surface area contributed by atoms with Crippen LogP contribution in [0.2, 0.25) is 0 Å². The molecule has 1 N–H and O–H groups in total.